The van der Waals surface area contributed by atoms with Crippen molar-refractivity contribution >= 4 is 31.5 Å². The van der Waals surface area contributed by atoms with E-state index < -0.39 is 13.9 Å². The molecule has 2 N–H and O–H groups in total. The third-order valence-electron chi connectivity index (χ3n) is 9.70. The number of anilines is 2. The molecule has 45 heavy (non-hydrogen) atoms. The number of hydrogen-bond acceptors (Lipinski definition) is 8. The molecule has 4 heterocycles. The maximum Gasteiger partial charge on any atom is 0.264 e. The van der Waals surface area contributed by atoms with Crippen molar-refractivity contribution in [3.05, 3.63) is 65.5 Å². The number of piperidine rings is 1. The molecule has 1 aromatic heterocycles. The van der Waals surface area contributed by atoms with Crippen molar-refractivity contribution in [2.75, 3.05) is 30.1 Å². The van der Waals surface area contributed by atoms with Crippen LogP contribution in [0.15, 0.2) is 48.7 Å². The van der Waals surface area contributed by atoms with Crippen LogP contribution in [0.2, 0.25) is 18.6 Å². The first-order chi connectivity index (χ1) is 21.6. The van der Waals surface area contributed by atoms with E-state index in [2.05, 4.69) is 10.3 Å². The quantitative estimate of drug-likeness (QED) is 0.323. The maximum atomic E-state index is 14.7. The fraction of sp³-hybridized carbons (Fsp3) is 0.515. The highest BCUT2D eigenvalue weighted by Crippen LogP contribution is 2.60. The molecule has 4 atom stereocenters. The highest BCUT2D eigenvalue weighted by Gasteiger charge is 2.66. The van der Waals surface area contributed by atoms with Gasteiger partial charge in [0, 0.05) is 61.4 Å². The number of aliphatic hydroxyl groups is 1. The Morgan fingerprint density at radius 2 is 1.91 bits per heavy atom. The minimum Gasteiger partial charge on any atom is -0.497 e. The summed E-state index contributed by atoms with van der Waals surface area (Å²) in [5, 5.41) is 17.6. The van der Waals surface area contributed by atoms with Crippen LogP contribution in [0.4, 0.5) is 11.4 Å². The first-order valence-electron chi connectivity index (χ1n) is 15.9. The second-order valence-corrected chi connectivity index (χ2v) is 17.0. The molecule has 240 valence electrons. The number of ether oxygens (including phenoxy) is 2. The predicted octanol–water partition coefficient (Wildman–Crippen LogP) is 3.77. The van der Waals surface area contributed by atoms with Gasteiger partial charge in [-0.25, -0.2) is 0 Å². The largest absolute Gasteiger partial charge is 0.497 e. The Morgan fingerprint density at radius 1 is 1.13 bits per heavy atom. The van der Waals surface area contributed by atoms with Crippen molar-refractivity contribution in [1.29, 1.82) is 0 Å². The molecule has 2 aromatic carbocycles. The maximum absolute atomic E-state index is 14.7. The Balaban J connectivity index is 1.31. The van der Waals surface area contributed by atoms with Gasteiger partial charge in [-0.1, -0.05) is 24.3 Å². The summed E-state index contributed by atoms with van der Waals surface area (Å²) in [5.41, 5.74) is 2.55. The third kappa shape index (κ3) is 5.69. The fourth-order valence-corrected chi connectivity index (χ4v) is 10.2. The SMILES string of the molecule is COc1ccc2c(c1)[C@@]1(O[C@H](CCn3cc(CCO)nn3)[C@@H]([Si](C)(C)O)[C@@H]1C)C(=O)N2Cc1ccc(N2CCCCC2=O)cc1. The number of hydrogen-bond donors (Lipinski definition) is 2. The van der Waals surface area contributed by atoms with Crippen LogP contribution in [0.1, 0.15) is 49.4 Å². The minimum absolute atomic E-state index is 0.000582. The lowest BCUT2D eigenvalue weighted by atomic mass is 9.82. The van der Waals surface area contributed by atoms with Crippen molar-refractivity contribution < 1.29 is 29.0 Å². The van der Waals surface area contributed by atoms with Crippen LogP contribution < -0.4 is 14.5 Å². The smallest absolute Gasteiger partial charge is 0.264 e. The topological polar surface area (TPSA) is 130 Å². The number of amides is 2. The molecule has 1 spiro atoms. The molecular formula is C33H43N5O6Si. The van der Waals surface area contributed by atoms with E-state index in [1.54, 1.807) is 16.7 Å². The second-order valence-electron chi connectivity index (χ2n) is 13.0. The van der Waals surface area contributed by atoms with Gasteiger partial charge in [-0.2, -0.15) is 0 Å². The van der Waals surface area contributed by atoms with E-state index >= 15 is 0 Å². The van der Waals surface area contributed by atoms with Crippen LogP contribution in [0.3, 0.4) is 0 Å². The van der Waals surface area contributed by atoms with Crippen molar-refractivity contribution in [2.45, 2.75) is 82.5 Å². The van der Waals surface area contributed by atoms with Gasteiger partial charge < -0.3 is 29.2 Å². The van der Waals surface area contributed by atoms with Crippen LogP contribution in [-0.4, -0.2) is 71.4 Å². The van der Waals surface area contributed by atoms with Crippen LogP contribution >= 0.6 is 0 Å². The molecule has 6 rings (SSSR count). The predicted molar refractivity (Wildman–Crippen MR) is 171 cm³/mol. The number of rotatable bonds is 10. The summed E-state index contributed by atoms with van der Waals surface area (Å²) in [6.07, 6.45) is 4.90. The summed E-state index contributed by atoms with van der Waals surface area (Å²) in [6.45, 7) is 7.42. The normalized spacial score (nSPS) is 25.0. The number of aliphatic hydroxyl groups excluding tert-OH is 1. The van der Waals surface area contributed by atoms with Crippen molar-refractivity contribution in [3.8, 4) is 5.75 Å². The van der Waals surface area contributed by atoms with Gasteiger partial charge in [-0.3, -0.25) is 14.3 Å². The van der Waals surface area contributed by atoms with E-state index in [1.165, 1.54) is 0 Å². The molecule has 3 aliphatic heterocycles. The van der Waals surface area contributed by atoms with Gasteiger partial charge in [0.05, 0.1) is 31.1 Å². The number of nitrogens with zero attached hydrogens (tertiary/aromatic N) is 5. The average molecular weight is 634 g/mol. The molecule has 12 heteroatoms. The number of carbonyl (C=O) groups is 2. The molecule has 3 aliphatic rings. The van der Waals surface area contributed by atoms with Gasteiger partial charge in [-0.05, 0) is 68.3 Å². The minimum atomic E-state index is -2.82. The molecule has 3 aromatic rings. The molecule has 2 fully saturated rings. The average Bonchev–Trinajstić information content (AvgIpc) is 3.66. The van der Waals surface area contributed by atoms with Crippen molar-refractivity contribution in [2.24, 2.45) is 5.92 Å². The molecule has 2 amide bonds. The summed E-state index contributed by atoms with van der Waals surface area (Å²) in [4.78, 5) is 42.4. The third-order valence-corrected chi connectivity index (χ3v) is 12.2. The molecule has 0 aliphatic carbocycles. The lowest BCUT2D eigenvalue weighted by Crippen LogP contribution is -2.46. The molecule has 0 radical (unpaired) electrons. The van der Waals surface area contributed by atoms with E-state index in [9.17, 15) is 19.5 Å². The van der Waals surface area contributed by atoms with Gasteiger partial charge in [0.15, 0.2) is 13.9 Å². The van der Waals surface area contributed by atoms with Gasteiger partial charge in [0.2, 0.25) is 5.91 Å². The van der Waals surface area contributed by atoms with Gasteiger partial charge in [0.1, 0.15) is 5.75 Å². The highest BCUT2D eigenvalue weighted by molar-refractivity contribution is 6.71. The Hall–Kier alpha value is -3.58. The summed E-state index contributed by atoms with van der Waals surface area (Å²) in [6, 6.07) is 13.6. The second kappa shape index (κ2) is 12.3. The Morgan fingerprint density at radius 3 is 2.60 bits per heavy atom. The summed E-state index contributed by atoms with van der Waals surface area (Å²) in [7, 11) is -1.22. The number of benzene rings is 2. The summed E-state index contributed by atoms with van der Waals surface area (Å²) in [5.74, 6) is 0.333. The molecule has 11 nitrogen and oxygen atoms in total. The zero-order valence-corrected chi connectivity index (χ0v) is 27.5. The van der Waals surface area contributed by atoms with Crippen molar-refractivity contribution in [1.82, 2.24) is 15.0 Å². The van der Waals surface area contributed by atoms with E-state index in [0.717, 1.165) is 41.9 Å². The number of fused-ring (bicyclic) bond motifs is 2. The number of carbonyl (C=O) groups excluding carboxylic acids is 2. The Labute approximate surface area is 264 Å². The number of methoxy groups -OCH3 is 1. The Kier molecular flexibility index (Phi) is 8.59. The van der Waals surface area contributed by atoms with Crippen molar-refractivity contribution in [3.63, 3.8) is 0 Å². The van der Waals surface area contributed by atoms with Gasteiger partial charge in [-0.15, -0.1) is 5.10 Å². The molecule has 2 saturated heterocycles. The van der Waals surface area contributed by atoms with Crippen LogP contribution in [0.5, 0.6) is 5.75 Å². The van der Waals surface area contributed by atoms with Crippen LogP contribution in [0, 0.1) is 5.92 Å². The summed E-state index contributed by atoms with van der Waals surface area (Å²) >= 11 is 0. The highest BCUT2D eigenvalue weighted by atomic mass is 28.4. The van der Waals surface area contributed by atoms with Gasteiger partial charge >= 0.3 is 0 Å². The molecule has 0 saturated carbocycles. The van der Waals surface area contributed by atoms with E-state index in [0.29, 0.717) is 43.8 Å². The fourth-order valence-electron chi connectivity index (χ4n) is 7.59. The van der Waals surface area contributed by atoms with Crippen LogP contribution in [-0.2, 0) is 39.4 Å². The molecule has 0 bridgehead atoms. The number of aromatic nitrogens is 3. The zero-order valence-electron chi connectivity index (χ0n) is 26.5. The lowest BCUT2D eigenvalue weighted by Gasteiger charge is -2.32. The molecule has 0 unspecified atom stereocenters. The van der Waals surface area contributed by atoms with Gasteiger partial charge in [0.25, 0.3) is 5.91 Å². The zero-order chi connectivity index (χ0) is 31.9. The standard InChI is InChI=1S/C33H43N5O6Si/c1-22-31(45(3,4)42)29(14-17-36-21-24(15-18-39)34-35-36)44-33(22)27-19-26(43-2)12-13-28(27)38(32(33)41)20-23-8-10-25(11-9-23)37-16-6-5-7-30(37)40/h8-13,19,21-22,29,31,39,42H,5-7,14-18,20H2,1-4H3/t22-,29+,31-,33+/m0/s1. The summed E-state index contributed by atoms with van der Waals surface area (Å²) < 4.78 is 14.3. The van der Waals surface area contributed by atoms with E-state index in [-0.39, 0.29) is 36.0 Å². The first-order valence-corrected chi connectivity index (χ1v) is 18.9. The number of aryl methyl sites for hydroxylation is 1. The van der Waals surface area contributed by atoms with E-state index in [1.807, 2.05) is 73.6 Å². The molecular weight excluding hydrogens is 590 g/mol. The lowest BCUT2D eigenvalue weighted by molar-refractivity contribution is -0.146. The van der Waals surface area contributed by atoms with E-state index in [4.69, 9.17) is 9.47 Å². The Bertz CT molecular complexity index is 1560. The van der Waals surface area contributed by atoms with Crippen LogP contribution in [0.25, 0.3) is 0 Å². The first kappa shape index (κ1) is 31.4. The monoisotopic (exact) mass is 633 g/mol.